The van der Waals surface area contributed by atoms with E-state index in [0.29, 0.717) is 38.2 Å². The zero-order valence-electron chi connectivity index (χ0n) is 18.8. The van der Waals surface area contributed by atoms with Crippen molar-refractivity contribution >= 4 is 17.5 Å². The first-order valence-electron chi connectivity index (χ1n) is 11.2. The third-order valence-corrected chi connectivity index (χ3v) is 5.94. The van der Waals surface area contributed by atoms with E-state index in [0.717, 1.165) is 17.0 Å². The molecule has 3 aromatic rings. The normalized spacial score (nSPS) is 14.5. The van der Waals surface area contributed by atoms with E-state index in [-0.39, 0.29) is 11.8 Å². The second-order valence-corrected chi connectivity index (χ2v) is 8.07. The molecule has 1 heterocycles. The fourth-order valence-electron chi connectivity index (χ4n) is 4.16. The summed E-state index contributed by atoms with van der Waals surface area (Å²) in [7, 11) is 1.67. The number of hydrogen-bond acceptors (Lipinski definition) is 4. The van der Waals surface area contributed by atoms with Gasteiger partial charge in [-0.15, -0.1) is 0 Å². The van der Waals surface area contributed by atoms with Crippen LogP contribution in [0.1, 0.15) is 15.9 Å². The van der Waals surface area contributed by atoms with Crippen molar-refractivity contribution in [3.63, 3.8) is 0 Å². The van der Waals surface area contributed by atoms with Crippen LogP contribution in [0.3, 0.4) is 0 Å². The first-order chi connectivity index (χ1) is 16.2. The van der Waals surface area contributed by atoms with E-state index >= 15 is 0 Å². The van der Waals surface area contributed by atoms with E-state index in [1.54, 1.807) is 19.2 Å². The van der Waals surface area contributed by atoms with Gasteiger partial charge in [0.25, 0.3) is 5.91 Å². The van der Waals surface area contributed by atoms with Crippen molar-refractivity contribution in [2.24, 2.45) is 0 Å². The number of ether oxygens (including phenoxy) is 1. The zero-order chi connectivity index (χ0) is 23.0. The van der Waals surface area contributed by atoms with Gasteiger partial charge in [-0.1, -0.05) is 60.7 Å². The number of benzene rings is 3. The summed E-state index contributed by atoms with van der Waals surface area (Å²) in [5.41, 5.74) is 2.59. The van der Waals surface area contributed by atoms with Gasteiger partial charge in [-0.05, 0) is 29.8 Å². The maximum atomic E-state index is 13.5. The molecule has 170 valence electrons. The average Bonchev–Trinajstić information content (AvgIpc) is 2.89. The van der Waals surface area contributed by atoms with Gasteiger partial charge in [0.2, 0.25) is 5.91 Å². The van der Waals surface area contributed by atoms with E-state index in [4.69, 9.17) is 4.74 Å². The molecule has 3 aromatic carbocycles. The fourth-order valence-corrected chi connectivity index (χ4v) is 4.16. The van der Waals surface area contributed by atoms with Crippen molar-refractivity contribution in [1.82, 2.24) is 10.2 Å². The van der Waals surface area contributed by atoms with Crippen LogP contribution in [0.2, 0.25) is 0 Å². The van der Waals surface area contributed by atoms with Crippen molar-refractivity contribution in [3.05, 3.63) is 96.1 Å². The van der Waals surface area contributed by atoms with Gasteiger partial charge in [0.15, 0.2) is 0 Å². The number of carbonyl (C=O) groups is 2. The predicted octanol–water partition coefficient (Wildman–Crippen LogP) is 3.39. The third kappa shape index (κ3) is 5.52. The molecule has 1 aliphatic rings. The van der Waals surface area contributed by atoms with Crippen molar-refractivity contribution in [3.8, 4) is 5.75 Å². The highest BCUT2D eigenvalue weighted by atomic mass is 16.5. The number of amides is 2. The fraction of sp³-hybridized carbons (Fsp3) is 0.259. The second-order valence-electron chi connectivity index (χ2n) is 8.07. The Morgan fingerprint density at radius 3 is 2.12 bits per heavy atom. The molecule has 1 unspecified atom stereocenters. The molecule has 1 fully saturated rings. The summed E-state index contributed by atoms with van der Waals surface area (Å²) in [5.74, 6) is 0.537. The molecule has 6 nitrogen and oxygen atoms in total. The lowest BCUT2D eigenvalue weighted by molar-refractivity contribution is -0.133. The summed E-state index contributed by atoms with van der Waals surface area (Å²) in [6.45, 7) is 2.58. The van der Waals surface area contributed by atoms with Gasteiger partial charge >= 0.3 is 0 Å². The van der Waals surface area contributed by atoms with Crippen molar-refractivity contribution in [1.29, 1.82) is 0 Å². The molecule has 0 saturated carbocycles. The van der Waals surface area contributed by atoms with Crippen LogP contribution in [-0.4, -0.2) is 56.0 Å². The van der Waals surface area contributed by atoms with E-state index < -0.39 is 6.04 Å². The summed E-state index contributed by atoms with van der Waals surface area (Å²) in [6, 6.07) is 26.1. The van der Waals surface area contributed by atoms with Gasteiger partial charge < -0.3 is 19.9 Å². The monoisotopic (exact) mass is 443 g/mol. The lowest BCUT2D eigenvalue weighted by Gasteiger charge is -2.38. The topological polar surface area (TPSA) is 61.9 Å². The molecule has 4 rings (SSSR count). The van der Waals surface area contributed by atoms with Crippen LogP contribution >= 0.6 is 0 Å². The smallest absolute Gasteiger partial charge is 0.251 e. The number of piperazine rings is 1. The number of nitrogens with zero attached hydrogens (tertiary/aromatic N) is 2. The van der Waals surface area contributed by atoms with Crippen LogP contribution in [0.15, 0.2) is 84.9 Å². The molecule has 0 bridgehead atoms. The number of rotatable bonds is 7. The van der Waals surface area contributed by atoms with Crippen LogP contribution in [0.25, 0.3) is 0 Å². The molecule has 0 aliphatic carbocycles. The standard InChI is InChI=1S/C27H29N3O3/c1-33-25-15-9-8-14-24(25)29-16-18-30(19-17-29)27(32)23(20-21-10-4-2-5-11-21)28-26(31)22-12-6-3-7-13-22/h2-15,23H,16-20H2,1H3,(H,28,31). The molecule has 2 amide bonds. The number of anilines is 1. The molecule has 0 aromatic heterocycles. The lowest BCUT2D eigenvalue weighted by atomic mass is 10.0. The molecule has 33 heavy (non-hydrogen) atoms. The minimum Gasteiger partial charge on any atom is -0.495 e. The van der Waals surface area contributed by atoms with Crippen molar-refractivity contribution < 1.29 is 14.3 Å². The largest absolute Gasteiger partial charge is 0.495 e. The van der Waals surface area contributed by atoms with E-state index in [2.05, 4.69) is 10.2 Å². The van der Waals surface area contributed by atoms with Crippen LogP contribution < -0.4 is 15.0 Å². The van der Waals surface area contributed by atoms with Gasteiger partial charge in [-0.25, -0.2) is 0 Å². The predicted molar refractivity (Wildman–Crippen MR) is 130 cm³/mol. The van der Waals surface area contributed by atoms with Crippen LogP contribution in [-0.2, 0) is 11.2 Å². The molecule has 1 N–H and O–H groups in total. The van der Waals surface area contributed by atoms with Crippen molar-refractivity contribution in [2.45, 2.75) is 12.5 Å². The van der Waals surface area contributed by atoms with Crippen LogP contribution in [0.4, 0.5) is 5.69 Å². The number of carbonyl (C=O) groups excluding carboxylic acids is 2. The molecule has 1 atom stereocenters. The van der Waals surface area contributed by atoms with E-state index in [1.165, 1.54) is 0 Å². The molecular weight excluding hydrogens is 414 g/mol. The molecule has 0 spiro atoms. The highest BCUT2D eigenvalue weighted by molar-refractivity contribution is 5.97. The Hall–Kier alpha value is -3.80. The van der Waals surface area contributed by atoms with Crippen LogP contribution in [0, 0.1) is 0 Å². The average molecular weight is 444 g/mol. The SMILES string of the molecule is COc1ccccc1N1CCN(C(=O)C(Cc2ccccc2)NC(=O)c2ccccc2)CC1. The van der Waals surface area contributed by atoms with Gasteiger partial charge in [0.1, 0.15) is 11.8 Å². The Morgan fingerprint density at radius 2 is 1.45 bits per heavy atom. The minimum atomic E-state index is -0.627. The Bertz CT molecular complexity index is 1060. The number of nitrogens with one attached hydrogen (secondary N) is 1. The summed E-state index contributed by atoms with van der Waals surface area (Å²) >= 11 is 0. The molecule has 1 saturated heterocycles. The molecule has 6 heteroatoms. The first-order valence-corrected chi connectivity index (χ1v) is 11.2. The zero-order valence-corrected chi connectivity index (χ0v) is 18.8. The van der Waals surface area contributed by atoms with E-state index in [9.17, 15) is 9.59 Å². The van der Waals surface area contributed by atoms with Crippen molar-refractivity contribution in [2.75, 3.05) is 38.2 Å². The van der Waals surface area contributed by atoms with E-state index in [1.807, 2.05) is 77.7 Å². The highest BCUT2D eigenvalue weighted by Crippen LogP contribution is 2.28. The Labute approximate surface area is 194 Å². The molecular formula is C27H29N3O3. The van der Waals surface area contributed by atoms with Crippen LogP contribution in [0.5, 0.6) is 5.75 Å². The number of hydrogen-bond donors (Lipinski definition) is 1. The molecule has 0 radical (unpaired) electrons. The summed E-state index contributed by atoms with van der Waals surface area (Å²) < 4.78 is 5.49. The highest BCUT2D eigenvalue weighted by Gasteiger charge is 2.29. The maximum absolute atomic E-state index is 13.5. The third-order valence-electron chi connectivity index (χ3n) is 5.94. The second kappa shape index (κ2) is 10.7. The molecule has 1 aliphatic heterocycles. The number of methoxy groups -OCH3 is 1. The summed E-state index contributed by atoms with van der Waals surface area (Å²) in [4.78, 5) is 30.4. The first kappa shape index (κ1) is 22.4. The maximum Gasteiger partial charge on any atom is 0.251 e. The summed E-state index contributed by atoms with van der Waals surface area (Å²) in [6.07, 6.45) is 0.449. The van der Waals surface area contributed by atoms with Gasteiger partial charge in [0, 0.05) is 38.2 Å². The Morgan fingerprint density at radius 1 is 0.848 bits per heavy atom. The van der Waals surface area contributed by atoms with Gasteiger partial charge in [-0.3, -0.25) is 9.59 Å². The number of para-hydroxylation sites is 2. The van der Waals surface area contributed by atoms with Gasteiger partial charge in [0.05, 0.1) is 12.8 Å². The lowest BCUT2D eigenvalue weighted by Crippen LogP contribution is -2.55. The minimum absolute atomic E-state index is 0.0530. The van der Waals surface area contributed by atoms with Gasteiger partial charge in [-0.2, -0.15) is 0 Å². The Kier molecular flexibility index (Phi) is 7.25. The quantitative estimate of drug-likeness (QED) is 0.608. The summed E-state index contributed by atoms with van der Waals surface area (Å²) in [5, 5.41) is 2.98. The Balaban J connectivity index is 1.46.